The van der Waals surface area contributed by atoms with Gasteiger partial charge in [-0.05, 0) is 131 Å². The van der Waals surface area contributed by atoms with Crippen LogP contribution in [0.2, 0.25) is 0 Å². The van der Waals surface area contributed by atoms with Crippen molar-refractivity contribution in [1.29, 1.82) is 0 Å². The van der Waals surface area contributed by atoms with Crippen LogP contribution in [-0.2, 0) is 41.3 Å². The molecule has 62 heavy (non-hydrogen) atoms. The molecule has 3 aliphatic heterocycles. The van der Waals surface area contributed by atoms with Gasteiger partial charge in [-0.2, -0.15) is 10.2 Å². The smallest absolute Gasteiger partial charge is 0.405 e. The molecule has 2 aromatic carbocycles. The second kappa shape index (κ2) is 16.8. The monoisotopic (exact) mass is 912 g/mol. The van der Waals surface area contributed by atoms with Crippen LogP contribution in [0.4, 0.5) is 8.78 Å². The summed E-state index contributed by atoms with van der Waals surface area (Å²) < 4.78 is 66.1. The minimum atomic E-state index is -0.605. The first-order valence-corrected chi connectivity index (χ1v) is 21.5. The van der Waals surface area contributed by atoms with Gasteiger partial charge in [0.25, 0.3) is 0 Å². The van der Waals surface area contributed by atoms with E-state index in [2.05, 4.69) is 36.1 Å². The third kappa shape index (κ3) is 9.02. The van der Waals surface area contributed by atoms with E-state index in [1.54, 1.807) is 46.0 Å². The second-order valence-electron chi connectivity index (χ2n) is 18.7. The van der Waals surface area contributed by atoms with E-state index < -0.39 is 45.7 Å². The van der Waals surface area contributed by atoms with Crippen LogP contribution in [0.5, 0.6) is 0 Å². The van der Waals surface area contributed by atoms with Gasteiger partial charge < -0.3 is 27.9 Å². The molecule has 0 saturated carbocycles. The maximum Gasteiger partial charge on any atom is 0.494 e. The number of hydrogen-bond acceptors (Lipinski definition) is 10. The molecule has 6 aromatic rings. The molecule has 0 radical (unpaired) electrons. The Kier molecular flexibility index (Phi) is 12.5. The Morgan fingerprint density at radius 2 is 0.903 bits per heavy atom. The fourth-order valence-electron chi connectivity index (χ4n) is 6.84. The highest BCUT2D eigenvalue weighted by Crippen LogP contribution is 2.43. The molecule has 12 nitrogen and oxygen atoms in total. The Hall–Kier alpha value is -4.03. The molecule has 7 heterocycles. The van der Waals surface area contributed by atoms with Gasteiger partial charge in [-0.15, -0.1) is 0 Å². The summed E-state index contributed by atoms with van der Waals surface area (Å²) >= 11 is 3.43. The van der Waals surface area contributed by atoms with Gasteiger partial charge >= 0.3 is 21.1 Å². The molecule has 0 spiro atoms. The van der Waals surface area contributed by atoms with Gasteiger partial charge in [-0.25, -0.2) is 28.1 Å². The maximum absolute atomic E-state index is 12.9. The standard InChI is InChI=1S/C19H21BFN3O2.C13H9BrFN3.C12H24B2O4/c1-18(2)19(3,4)26-20(25-18)14-9-8-13-12-22-24(16(13)10-14)17-7-5-6-15(11-21)23-17;14-10-5-4-9-8-16-18(12(9)6-10)13-3-1-2-11(7-15)17-13;1-9(2)10(3,4)16-13(15-9)14-17-11(5,6)12(7,8)18-14/h5-10,12H,11H2,1-4H3;1-6,8H,7H2;1-8H3. The number of aromatic nitrogens is 6. The first-order valence-electron chi connectivity index (χ1n) is 20.7. The van der Waals surface area contributed by atoms with Gasteiger partial charge in [0, 0.05) is 15.2 Å². The number of halogens is 3. The molecule has 0 bridgehead atoms. The summed E-state index contributed by atoms with van der Waals surface area (Å²) in [6, 6.07) is 22.4. The van der Waals surface area contributed by atoms with Crippen molar-refractivity contribution in [1.82, 2.24) is 29.5 Å². The lowest BCUT2D eigenvalue weighted by Crippen LogP contribution is -2.41. The van der Waals surface area contributed by atoms with Crippen LogP contribution < -0.4 is 5.46 Å². The van der Waals surface area contributed by atoms with Gasteiger partial charge in [0.15, 0.2) is 11.6 Å². The molecule has 18 heteroatoms. The van der Waals surface area contributed by atoms with Crippen LogP contribution in [0.1, 0.15) is 94.5 Å². The molecule has 0 atom stereocenters. The van der Waals surface area contributed by atoms with Crippen molar-refractivity contribution in [2.24, 2.45) is 0 Å². The summed E-state index contributed by atoms with van der Waals surface area (Å²) in [7, 11) is -1.40. The summed E-state index contributed by atoms with van der Waals surface area (Å²) in [6.45, 7) is 23.2. The zero-order chi connectivity index (χ0) is 45.0. The molecule has 0 amide bonds. The number of alkyl halides is 2. The van der Waals surface area contributed by atoms with Gasteiger partial charge in [0.2, 0.25) is 0 Å². The molecular formula is C44H54B3BrF2N6O6. The van der Waals surface area contributed by atoms with E-state index in [9.17, 15) is 8.78 Å². The molecule has 0 N–H and O–H groups in total. The first-order chi connectivity index (χ1) is 29.0. The molecule has 0 unspecified atom stereocenters. The van der Waals surface area contributed by atoms with E-state index >= 15 is 0 Å². The molecule has 9 rings (SSSR count). The Morgan fingerprint density at radius 1 is 0.516 bits per heavy atom. The number of nitrogens with zero attached hydrogens (tertiary/aromatic N) is 6. The van der Waals surface area contributed by atoms with Crippen molar-refractivity contribution >= 4 is 64.3 Å². The van der Waals surface area contributed by atoms with Crippen molar-refractivity contribution < 1.29 is 36.7 Å². The number of hydrogen-bond donors (Lipinski definition) is 0. The topological polar surface area (TPSA) is 117 Å². The predicted molar refractivity (Wildman–Crippen MR) is 243 cm³/mol. The van der Waals surface area contributed by atoms with Crippen LogP contribution in [0.3, 0.4) is 0 Å². The lowest BCUT2D eigenvalue weighted by molar-refractivity contribution is 0.00578. The second-order valence-corrected chi connectivity index (χ2v) is 19.6. The Morgan fingerprint density at radius 3 is 1.32 bits per heavy atom. The molecule has 3 fully saturated rings. The van der Waals surface area contributed by atoms with Crippen molar-refractivity contribution in [2.75, 3.05) is 0 Å². The Balaban J connectivity index is 0.000000144. The van der Waals surface area contributed by atoms with Crippen molar-refractivity contribution in [3.8, 4) is 11.6 Å². The minimum Gasteiger partial charge on any atom is -0.405 e. The van der Waals surface area contributed by atoms with Gasteiger partial charge in [0.1, 0.15) is 13.3 Å². The zero-order valence-corrected chi connectivity index (χ0v) is 39.1. The summed E-state index contributed by atoms with van der Waals surface area (Å²) in [5.74, 6) is 1.21. The molecule has 3 aliphatic rings. The highest BCUT2D eigenvalue weighted by molar-refractivity contribution is 9.10. The van der Waals surface area contributed by atoms with Crippen LogP contribution in [-0.4, -0.2) is 84.3 Å². The van der Waals surface area contributed by atoms with Gasteiger partial charge in [-0.3, -0.25) is 0 Å². The van der Waals surface area contributed by atoms with E-state index in [1.807, 2.05) is 132 Å². The molecule has 326 valence electrons. The fourth-order valence-corrected chi connectivity index (χ4v) is 7.18. The Labute approximate surface area is 371 Å². The van der Waals surface area contributed by atoms with E-state index in [0.717, 1.165) is 31.7 Å². The van der Waals surface area contributed by atoms with Gasteiger partial charge in [0.05, 0.1) is 68.4 Å². The fraction of sp³-hybridized carbons (Fsp3) is 0.455. The third-order valence-corrected chi connectivity index (χ3v) is 13.2. The van der Waals surface area contributed by atoms with Crippen molar-refractivity contribution in [2.45, 2.75) is 130 Å². The van der Waals surface area contributed by atoms with E-state index in [1.165, 1.54) is 0 Å². The normalized spacial score (nSPS) is 20.3. The first kappa shape index (κ1) is 46.0. The van der Waals surface area contributed by atoms with E-state index in [0.29, 0.717) is 23.0 Å². The number of pyridine rings is 2. The summed E-state index contributed by atoms with van der Waals surface area (Å²) in [5, 5.41) is 10.7. The number of benzene rings is 2. The SMILES string of the molecule is CC1(C)OB(B2OC(C)(C)C(C)(C)O2)OC1(C)C.CC1(C)OB(c2ccc3cnn(-c4cccc(CF)n4)c3c2)OC1(C)C.FCc1cccc(-n2ncc3ccc(Br)cc32)n1. The highest BCUT2D eigenvalue weighted by Gasteiger charge is 2.63. The van der Waals surface area contributed by atoms with Crippen molar-refractivity contribution in [3.05, 3.63) is 101 Å². The van der Waals surface area contributed by atoms with Crippen molar-refractivity contribution in [3.63, 3.8) is 0 Å². The lowest BCUT2D eigenvalue weighted by atomic mass is 9.49. The predicted octanol–water partition coefficient (Wildman–Crippen LogP) is 9.09. The van der Waals surface area contributed by atoms with Crippen LogP contribution >= 0.6 is 15.9 Å². The minimum absolute atomic E-state index is 0.360. The highest BCUT2D eigenvalue weighted by atomic mass is 79.9. The quantitative estimate of drug-likeness (QED) is 0.150. The Bertz CT molecular complexity index is 2490. The molecule has 4 aromatic heterocycles. The van der Waals surface area contributed by atoms with Crippen LogP contribution in [0.25, 0.3) is 33.4 Å². The summed E-state index contributed by atoms with van der Waals surface area (Å²) in [5.41, 5.74) is 1.28. The zero-order valence-electron chi connectivity index (χ0n) is 37.5. The third-order valence-electron chi connectivity index (χ3n) is 12.7. The van der Waals surface area contributed by atoms with Gasteiger partial charge in [-0.1, -0.05) is 46.3 Å². The lowest BCUT2D eigenvalue weighted by Gasteiger charge is -2.32. The van der Waals surface area contributed by atoms with E-state index in [-0.39, 0.29) is 22.4 Å². The molecule has 3 saturated heterocycles. The maximum atomic E-state index is 12.9. The largest absolute Gasteiger partial charge is 0.494 e. The summed E-state index contributed by atoms with van der Waals surface area (Å²) in [6.07, 6.45) is 3.54. The number of fused-ring (bicyclic) bond motifs is 2. The van der Waals surface area contributed by atoms with Crippen LogP contribution in [0, 0.1) is 0 Å². The number of rotatable bonds is 6. The average Bonchev–Trinajstić information content (AvgIpc) is 3.98. The molecule has 0 aliphatic carbocycles. The van der Waals surface area contributed by atoms with Crippen LogP contribution in [0.15, 0.2) is 89.7 Å². The molecular weight excluding hydrogens is 859 g/mol. The van der Waals surface area contributed by atoms with E-state index in [4.69, 9.17) is 27.9 Å². The summed E-state index contributed by atoms with van der Waals surface area (Å²) in [4.78, 5) is 8.54. The average molecular weight is 913 g/mol.